The van der Waals surface area contributed by atoms with Gasteiger partial charge in [-0.25, -0.2) is 8.78 Å². The lowest BCUT2D eigenvalue weighted by Crippen LogP contribution is -2.33. The molecular formula is C18H15F6NO3. The molecule has 0 aliphatic rings. The smallest absolute Gasteiger partial charge is 0.461 e. The van der Waals surface area contributed by atoms with Crippen molar-refractivity contribution in [3.05, 3.63) is 59.2 Å². The molecule has 0 aromatic heterocycles. The first-order chi connectivity index (χ1) is 13.0. The molecule has 0 heterocycles. The minimum Gasteiger partial charge on any atom is -0.488 e. The Morgan fingerprint density at radius 1 is 1.04 bits per heavy atom. The molecule has 0 atom stereocenters. The molecule has 2 rings (SSSR count). The third kappa shape index (κ3) is 5.08. The molecule has 152 valence electrons. The Morgan fingerprint density at radius 3 is 2.29 bits per heavy atom. The average Bonchev–Trinajstić information content (AvgIpc) is 2.57. The van der Waals surface area contributed by atoms with Crippen LogP contribution in [0.5, 0.6) is 11.5 Å². The Kier molecular flexibility index (Phi) is 6.42. The van der Waals surface area contributed by atoms with Crippen molar-refractivity contribution in [3.63, 3.8) is 0 Å². The van der Waals surface area contributed by atoms with Crippen LogP contribution in [-0.2, 0) is 0 Å². The summed E-state index contributed by atoms with van der Waals surface area (Å²) in [5.41, 5.74) is -0.570. The van der Waals surface area contributed by atoms with Crippen LogP contribution in [0.25, 0.3) is 0 Å². The summed E-state index contributed by atoms with van der Waals surface area (Å²) < 4.78 is 87.5. The van der Waals surface area contributed by atoms with Gasteiger partial charge in [0.25, 0.3) is 0 Å². The monoisotopic (exact) mass is 407 g/mol. The molecule has 0 unspecified atom stereocenters. The molecule has 4 nitrogen and oxygen atoms in total. The van der Waals surface area contributed by atoms with Gasteiger partial charge in [0.15, 0.2) is 11.6 Å². The van der Waals surface area contributed by atoms with Gasteiger partial charge in [-0.05, 0) is 44.2 Å². The number of benzene rings is 2. The number of ether oxygens (including phenoxy) is 2. The largest absolute Gasteiger partial charge is 0.488 e. The van der Waals surface area contributed by atoms with Crippen LogP contribution in [0.1, 0.15) is 25.0 Å². The molecule has 2 aromatic carbocycles. The van der Waals surface area contributed by atoms with E-state index in [1.54, 1.807) is 13.8 Å². The van der Waals surface area contributed by atoms with Crippen molar-refractivity contribution in [3.8, 4) is 11.5 Å². The van der Waals surface area contributed by atoms with Crippen molar-refractivity contribution in [2.45, 2.75) is 32.5 Å². The van der Waals surface area contributed by atoms with Gasteiger partial charge >= 0.3 is 12.5 Å². The maximum atomic E-state index is 13.8. The first kappa shape index (κ1) is 21.4. The van der Waals surface area contributed by atoms with E-state index in [9.17, 15) is 31.5 Å². The Hall–Kier alpha value is -2.91. The van der Waals surface area contributed by atoms with E-state index in [1.165, 1.54) is 6.07 Å². The molecule has 28 heavy (non-hydrogen) atoms. The summed E-state index contributed by atoms with van der Waals surface area (Å²) in [4.78, 5) is 0. The van der Waals surface area contributed by atoms with E-state index in [0.29, 0.717) is 6.07 Å². The van der Waals surface area contributed by atoms with Crippen molar-refractivity contribution in [1.29, 1.82) is 0 Å². The number of hydrogen-bond acceptors (Lipinski definition) is 4. The SMILES string of the molecule is CC(C)Oc1cc(C(=NO)c2cc(F)cc(OC(F)(F)C(F)F)c2)ccc1F. The highest BCUT2D eigenvalue weighted by Gasteiger charge is 2.44. The number of rotatable bonds is 7. The number of oxime groups is 1. The maximum absolute atomic E-state index is 13.8. The lowest BCUT2D eigenvalue weighted by atomic mass is 10.0. The zero-order valence-corrected chi connectivity index (χ0v) is 14.6. The fourth-order valence-electron chi connectivity index (χ4n) is 2.24. The predicted molar refractivity (Wildman–Crippen MR) is 87.6 cm³/mol. The van der Waals surface area contributed by atoms with Crippen LogP contribution in [0, 0.1) is 11.6 Å². The van der Waals surface area contributed by atoms with Crippen molar-refractivity contribution >= 4 is 5.71 Å². The molecule has 0 saturated carbocycles. The van der Waals surface area contributed by atoms with Gasteiger partial charge in [0.1, 0.15) is 17.3 Å². The van der Waals surface area contributed by atoms with E-state index in [2.05, 4.69) is 9.89 Å². The van der Waals surface area contributed by atoms with Gasteiger partial charge in [0.05, 0.1) is 6.10 Å². The molecule has 0 amide bonds. The molecular weight excluding hydrogens is 392 g/mol. The predicted octanol–water partition coefficient (Wildman–Crippen LogP) is 5.22. The van der Waals surface area contributed by atoms with Crippen LogP contribution in [0.4, 0.5) is 26.3 Å². The summed E-state index contributed by atoms with van der Waals surface area (Å²) >= 11 is 0. The van der Waals surface area contributed by atoms with E-state index < -0.39 is 29.9 Å². The minimum atomic E-state index is -4.85. The lowest BCUT2D eigenvalue weighted by Gasteiger charge is -2.17. The van der Waals surface area contributed by atoms with Crippen LogP contribution < -0.4 is 9.47 Å². The van der Waals surface area contributed by atoms with Crippen molar-refractivity contribution in [1.82, 2.24) is 0 Å². The summed E-state index contributed by atoms with van der Waals surface area (Å²) in [7, 11) is 0. The number of nitrogens with zero attached hydrogens (tertiary/aromatic N) is 1. The Bertz CT molecular complexity index is 870. The van der Waals surface area contributed by atoms with Gasteiger partial charge in [-0.3, -0.25) is 0 Å². The fraction of sp³-hybridized carbons (Fsp3) is 0.278. The zero-order valence-electron chi connectivity index (χ0n) is 14.6. The van der Waals surface area contributed by atoms with E-state index >= 15 is 0 Å². The van der Waals surface area contributed by atoms with E-state index in [0.717, 1.165) is 24.3 Å². The fourth-order valence-corrected chi connectivity index (χ4v) is 2.24. The van der Waals surface area contributed by atoms with Crippen molar-refractivity contribution in [2.24, 2.45) is 5.16 Å². The van der Waals surface area contributed by atoms with Crippen LogP contribution in [0.15, 0.2) is 41.6 Å². The molecule has 0 spiro atoms. The first-order valence-electron chi connectivity index (χ1n) is 7.88. The Morgan fingerprint density at radius 2 is 1.71 bits per heavy atom. The normalized spacial score (nSPS) is 12.6. The van der Waals surface area contributed by atoms with Crippen LogP contribution >= 0.6 is 0 Å². The zero-order chi connectivity index (χ0) is 21.1. The minimum absolute atomic E-state index is 0.0525. The molecule has 0 aliphatic carbocycles. The molecule has 2 aromatic rings. The van der Waals surface area contributed by atoms with Gasteiger partial charge in [-0.1, -0.05) is 5.16 Å². The van der Waals surface area contributed by atoms with Gasteiger partial charge in [0, 0.05) is 17.2 Å². The highest BCUT2D eigenvalue weighted by atomic mass is 19.3. The van der Waals surface area contributed by atoms with Crippen LogP contribution in [0.2, 0.25) is 0 Å². The van der Waals surface area contributed by atoms with Crippen molar-refractivity contribution < 1.29 is 41.0 Å². The second kappa shape index (κ2) is 8.41. The second-order valence-electron chi connectivity index (χ2n) is 5.90. The summed E-state index contributed by atoms with van der Waals surface area (Å²) in [5.74, 6) is -2.93. The molecule has 0 radical (unpaired) electrons. The lowest BCUT2D eigenvalue weighted by molar-refractivity contribution is -0.253. The third-order valence-corrected chi connectivity index (χ3v) is 3.32. The molecule has 0 fully saturated rings. The first-order valence-corrected chi connectivity index (χ1v) is 7.88. The van der Waals surface area contributed by atoms with Gasteiger partial charge < -0.3 is 14.7 Å². The number of alkyl halides is 4. The molecule has 0 aliphatic heterocycles. The summed E-state index contributed by atoms with van der Waals surface area (Å²) in [5, 5.41) is 12.3. The Balaban J connectivity index is 2.45. The summed E-state index contributed by atoms with van der Waals surface area (Å²) in [6, 6.07) is 5.38. The van der Waals surface area contributed by atoms with E-state index in [1.807, 2.05) is 0 Å². The molecule has 0 saturated heterocycles. The van der Waals surface area contributed by atoms with E-state index in [-0.39, 0.29) is 28.7 Å². The second-order valence-corrected chi connectivity index (χ2v) is 5.90. The summed E-state index contributed by atoms with van der Waals surface area (Å²) in [6.45, 7) is 3.29. The summed E-state index contributed by atoms with van der Waals surface area (Å²) in [6.07, 6.45) is -9.38. The highest BCUT2D eigenvalue weighted by molar-refractivity contribution is 6.13. The number of hydrogen-bond donors (Lipinski definition) is 1. The highest BCUT2D eigenvalue weighted by Crippen LogP contribution is 2.30. The standard InChI is InChI=1S/C18H15F6NO3/c1-9(2)27-15-7-10(3-4-14(15)20)16(25-26)11-5-12(19)8-13(6-11)28-18(23,24)17(21)22/h3-9,17,26H,1-2H3. The van der Waals surface area contributed by atoms with Crippen LogP contribution in [0.3, 0.4) is 0 Å². The molecule has 10 heteroatoms. The topological polar surface area (TPSA) is 51.0 Å². The molecule has 1 N–H and O–H groups in total. The third-order valence-electron chi connectivity index (χ3n) is 3.32. The quantitative estimate of drug-likeness (QED) is 0.297. The van der Waals surface area contributed by atoms with Gasteiger partial charge in [-0.15, -0.1) is 0 Å². The van der Waals surface area contributed by atoms with Gasteiger partial charge in [0.2, 0.25) is 0 Å². The molecule has 0 bridgehead atoms. The van der Waals surface area contributed by atoms with Crippen LogP contribution in [-0.4, -0.2) is 29.6 Å². The van der Waals surface area contributed by atoms with Gasteiger partial charge in [-0.2, -0.15) is 17.6 Å². The average molecular weight is 407 g/mol. The number of halogens is 6. The van der Waals surface area contributed by atoms with E-state index in [4.69, 9.17) is 4.74 Å². The Labute approximate surface area is 156 Å². The maximum Gasteiger partial charge on any atom is 0.461 e. The van der Waals surface area contributed by atoms with Crippen molar-refractivity contribution in [2.75, 3.05) is 0 Å².